The minimum absolute atomic E-state index is 0.0251. The molecule has 0 saturated carbocycles. The molecule has 0 unspecified atom stereocenters. The van der Waals surface area contributed by atoms with E-state index in [0.717, 1.165) is 37.9 Å². The van der Waals surface area contributed by atoms with Crippen LogP contribution < -0.4 is 10.1 Å². The van der Waals surface area contributed by atoms with Crippen LogP contribution in [0, 0.1) is 0 Å². The van der Waals surface area contributed by atoms with Gasteiger partial charge < -0.3 is 24.6 Å². The van der Waals surface area contributed by atoms with E-state index in [4.69, 9.17) is 24.1 Å². The molecular formula is C20H28F3N3O6. The number of alkyl halides is 3. The van der Waals surface area contributed by atoms with Crippen molar-refractivity contribution in [2.75, 3.05) is 33.9 Å². The molecule has 2 fully saturated rings. The van der Waals surface area contributed by atoms with Gasteiger partial charge in [-0.25, -0.2) is 9.78 Å². The fourth-order valence-electron chi connectivity index (χ4n) is 3.74. The van der Waals surface area contributed by atoms with E-state index in [0.29, 0.717) is 25.1 Å². The lowest BCUT2D eigenvalue weighted by Gasteiger charge is -2.35. The van der Waals surface area contributed by atoms with Crippen molar-refractivity contribution in [3.63, 3.8) is 0 Å². The number of ether oxygens (including phenoxy) is 3. The van der Waals surface area contributed by atoms with E-state index in [9.17, 15) is 18.0 Å². The summed E-state index contributed by atoms with van der Waals surface area (Å²) in [5.74, 6) is -2.10. The Balaban J connectivity index is 0.000000451. The molecule has 2 saturated heterocycles. The largest absolute Gasteiger partial charge is 0.490 e. The van der Waals surface area contributed by atoms with Crippen molar-refractivity contribution < 1.29 is 42.1 Å². The summed E-state index contributed by atoms with van der Waals surface area (Å²) >= 11 is 0. The SMILES string of the molecule is COCCNC(=O)[C@H]1CC[C@@H]2[C@@H](CCN2Cc2cccnc2OC)O1.O=C(O)C(F)(F)F. The summed E-state index contributed by atoms with van der Waals surface area (Å²) in [5, 5.41) is 10.00. The highest BCUT2D eigenvalue weighted by atomic mass is 19.4. The Labute approximate surface area is 183 Å². The monoisotopic (exact) mass is 463 g/mol. The highest BCUT2D eigenvalue weighted by Crippen LogP contribution is 2.33. The molecule has 0 aliphatic carbocycles. The van der Waals surface area contributed by atoms with Crippen LogP contribution in [0.4, 0.5) is 13.2 Å². The molecule has 1 amide bonds. The predicted molar refractivity (Wildman–Crippen MR) is 106 cm³/mol. The third-order valence-electron chi connectivity index (χ3n) is 5.22. The molecule has 3 heterocycles. The third-order valence-corrected chi connectivity index (χ3v) is 5.22. The first-order valence-electron chi connectivity index (χ1n) is 10.1. The van der Waals surface area contributed by atoms with E-state index in [1.807, 2.05) is 6.07 Å². The number of halogens is 3. The van der Waals surface area contributed by atoms with Gasteiger partial charge in [-0.3, -0.25) is 9.69 Å². The van der Waals surface area contributed by atoms with Crippen molar-refractivity contribution in [3.8, 4) is 5.88 Å². The molecule has 2 N–H and O–H groups in total. The molecule has 0 bridgehead atoms. The van der Waals surface area contributed by atoms with Crippen LogP contribution in [0.5, 0.6) is 5.88 Å². The van der Waals surface area contributed by atoms with Crippen LogP contribution in [-0.4, -0.2) is 85.2 Å². The number of fused-ring (bicyclic) bond motifs is 1. The summed E-state index contributed by atoms with van der Waals surface area (Å²) in [6.45, 7) is 2.80. The molecule has 1 aromatic heterocycles. The van der Waals surface area contributed by atoms with Crippen LogP contribution in [0.3, 0.4) is 0 Å². The zero-order valence-electron chi connectivity index (χ0n) is 17.9. The normalized spacial score (nSPS) is 23.0. The lowest BCUT2D eigenvalue weighted by molar-refractivity contribution is -0.192. The average molecular weight is 463 g/mol. The number of carboxylic acids is 1. The number of aromatic nitrogens is 1. The van der Waals surface area contributed by atoms with Gasteiger partial charge in [-0.15, -0.1) is 0 Å². The maximum Gasteiger partial charge on any atom is 0.490 e. The van der Waals surface area contributed by atoms with Crippen LogP contribution in [-0.2, 0) is 25.6 Å². The molecule has 1 aromatic rings. The van der Waals surface area contributed by atoms with Gasteiger partial charge in [-0.05, 0) is 25.3 Å². The topological polar surface area (TPSA) is 110 Å². The zero-order valence-corrected chi connectivity index (χ0v) is 17.9. The summed E-state index contributed by atoms with van der Waals surface area (Å²) in [6, 6.07) is 4.34. The minimum Gasteiger partial charge on any atom is -0.481 e. The van der Waals surface area contributed by atoms with Crippen LogP contribution in [0.1, 0.15) is 24.8 Å². The van der Waals surface area contributed by atoms with Gasteiger partial charge in [0.15, 0.2) is 0 Å². The van der Waals surface area contributed by atoms with Crippen molar-refractivity contribution in [1.29, 1.82) is 0 Å². The highest BCUT2D eigenvalue weighted by Gasteiger charge is 2.41. The molecule has 12 heteroatoms. The van der Waals surface area contributed by atoms with Gasteiger partial charge >= 0.3 is 12.1 Å². The van der Waals surface area contributed by atoms with Crippen molar-refractivity contribution in [2.45, 2.75) is 50.2 Å². The maximum atomic E-state index is 12.2. The third kappa shape index (κ3) is 7.31. The molecule has 3 rings (SSSR count). The summed E-state index contributed by atoms with van der Waals surface area (Å²) in [5.41, 5.74) is 1.09. The molecule has 2 aliphatic rings. The van der Waals surface area contributed by atoms with Crippen LogP contribution in [0.2, 0.25) is 0 Å². The first-order chi connectivity index (χ1) is 15.2. The summed E-state index contributed by atoms with van der Waals surface area (Å²) in [6.07, 6.45) is -0.891. The Bertz CT molecular complexity index is 764. The van der Waals surface area contributed by atoms with Crippen LogP contribution >= 0.6 is 0 Å². The van der Waals surface area contributed by atoms with Crippen LogP contribution in [0.15, 0.2) is 18.3 Å². The lowest BCUT2D eigenvalue weighted by Crippen LogP contribution is -2.48. The minimum atomic E-state index is -5.08. The number of carboxylic acid groups (broad SMARTS) is 1. The lowest BCUT2D eigenvalue weighted by atomic mass is 9.98. The number of aliphatic carboxylic acids is 1. The van der Waals surface area contributed by atoms with Crippen LogP contribution in [0.25, 0.3) is 0 Å². The number of rotatable bonds is 7. The van der Waals surface area contributed by atoms with Crippen molar-refractivity contribution in [2.24, 2.45) is 0 Å². The van der Waals surface area contributed by atoms with Gasteiger partial charge in [0.2, 0.25) is 11.8 Å². The second-order valence-electron chi connectivity index (χ2n) is 7.33. The second-order valence-corrected chi connectivity index (χ2v) is 7.33. The number of nitrogens with zero attached hydrogens (tertiary/aromatic N) is 2. The highest BCUT2D eigenvalue weighted by molar-refractivity contribution is 5.80. The van der Waals surface area contributed by atoms with Gasteiger partial charge in [-0.1, -0.05) is 6.07 Å². The predicted octanol–water partition coefficient (Wildman–Crippen LogP) is 1.61. The molecule has 0 spiro atoms. The first-order valence-corrected chi connectivity index (χ1v) is 10.1. The number of amides is 1. The zero-order chi connectivity index (χ0) is 23.7. The molecule has 32 heavy (non-hydrogen) atoms. The molecule has 2 aliphatic heterocycles. The number of carbonyl (C=O) groups is 2. The molecule has 0 aromatic carbocycles. The van der Waals surface area contributed by atoms with E-state index in [1.165, 1.54) is 0 Å². The molecule has 180 valence electrons. The number of hydrogen-bond acceptors (Lipinski definition) is 7. The van der Waals surface area contributed by atoms with E-state index in [-0.39, 0.29) is 18.1 Å². The van der Waals surface area contributed by atoms with E-state index in [2.05, 4.69) is 21.3 Å². The standard InChI is InChI=1S/C18H27N3O4.C2HF3O2/c1-23-11-9-19-17(22)16-6-5-14-15(25-16)7-10-21(14)12-13-4-3-8-20-18(13)24-2;3-2(4,5)1(6)7/h3-4,8,14-16H,5-7,9-12H2,1-2H3,(H,19,22);(H,6,7)/t14-,15-,16-;/m1./s1. The molecule has 3 atom stereocenters. The number of nitrogens with one attached hydrogen (secondary N) is 1. The molecule has 9 nitrogen and oxygen atoms in total. The smallest absolute Gasteiger partial charge is 0.481 e. The van der Waals surface area contributed by atoms with Gasteiger partial charge in [0.1, 0.15) is 6.10 Å². The van der Waals surface area contributed by atoms with Gasteiger partial charge in [0.25, 0.3) is 0 Å². The number of pyridine rings is 1. The Morgan fingerprint density at radius 1 is 1.31 bits per heavy atom. The summed E-state index contributed by atoms with van der Waals surface area (Å²) in [4.78, 5) is 27.8. The van der Waals surface area contributed by atoms with Crippen molar-refractivity contribution >= 4 is 11.9 Å². The summed E-state index contributed by atoms with van der Waals surface area (Å²) in [7, 11) is 3.27. The quantitative estimate of drug-likeness (QED) is 0.587. The van der Waals surface area contributed by atoms with E-state index in [1.54, 1.807) is 20.4 Å². The van der Waals surface area contributed by atoms with E-state index < -0.39 is 12.1 Å². The Kier molecular flexibility index (Phi) is 9.66. The maximum absolute atomic E-state index is 12.2. The Morgan fingerprint density at radius 3 is 2.66 bits per heavy atom. The Hall–Kier alpha value is -2.44. The average Bonchev–Trinajstić information content (AvgIpc) is 3.16. The number of carbonyl (C=O) groups excluding carboxylic acids is 1. The van der Waals surface area contributed by atoms with Gasteiger partial charge in [0.05, 0.1) is 19.8 Å². The fourth-order valence-corrected chi connectivity index (χ4v) is 3.74. The number of methoxy groups -OCH3 is 2. The van der Waals surface area contributed by atoms with Gasteiger partial charge in [0, 0.05) is 44.5 Å². The van der Waals surface area contributed by atoms with E-state index >= 15 is 0 Å². The number of hydrogen-bond donors (Lipinski definition) is 2. The first kappa shape index (κ1) is 25.8. The van der Waals surface area contributed by atoms with Gasteiger partial charge in [-0.2, -0.15) is 13.2 Å². The Morgan fingerprint density at radius 2 is 2.03 bits per heavy atom. The second kappa shape index (κ2) is 12.0. The molecular weight excluding hydrogens is 435 g/mol. The number of likely N-dealkylation sites (tertiary alicyclic amines) is 1. The van der Waals surface area contributed by atoms with Crippen molar-refractivity contribution in [3.05, 3.63) is 23.9 Å². The fraction of sp³-hybridized carbons (Fsp3) is 0.650. The molecule has 0 radical (unpaired) electrons. The van der Waals surface area contributed by atoms with Crippen molar-refractivity contribution in [1.82, 2.24) is 15.2 Å². The summed E-state index contributed by atoms with van der Waals surface area (Å²) < 4.78 is 48.1.